The molecule has 0 fully saturated rings. The van der Waals surface area contributed by atoms with Gasteiger partial charge in [-0.15, -0.1) is 11.3 Å². The highest BCUT2D eigenvalue weighted by Gasteiger charge is 2.08. The lowest BCUT2D eigenvalue weighted by Crippen LogP contribution is -2.07. The third-order valence-corrected chi connectivity index (χ3v) is 3.76. The van der Waals surface area contributed by atoms with Crippen LogP contribution in [0.2, 0.25) is 0 Å². The molecule has 90 valence electrons. The zero-order chi connectivity index (χ0) is 12.4. The zero-order valence-corrected chi connectivity index (χ0v) is 11.6. The van der Waals surface area contributed by atoms with Crippen molar-refractivity contribution >= 4 is 17.0 Å². The van der Waals surface area contributed by atoms with Gasteiger partial charge in [0.2, 0.25) is 0 Å². The molecule has 2 aromatic rings. The molecule has 1 aromatic carbocycles. The molecule has 2 nitrogen and oxygen atoms in total. The molecule has 1 atom stereocenters. The van der Waals surface area contributed by atoms with Crippen LogP contribution in [0.5, 0.6) is 0 Å². The Balaban J connectivity index is 2.12. The molecule has 0 bridgehead atoms. The van der Waals surface area contributed by atoms with Crippen LogP contribution in [0.1, 0.15) is 34.8 Å². The van der Waals surface area contributed by atoms with Gasteiger partial charge in [0.15, 0.2) is 0 Å². The summed E-state index contributed by atoms with van der Waals surface area (Å²) in [6.07, 6.45) is 0. The largest absolute Gasteiger partial charge is 0.377 e. The van der Waals surface area contributed by atoms with E-state index in [2.05, 4.69) is 54.7 Å². The summed E-state index contributed by atoms with van der Waals surface area (Å²) in [6, 6.07) is 6.71. The Morgan fingerprint density at radius 3 is 2.53 bits per heavy atom. The third kappa shape index (κ3) is 2.86. The number of aryl methyl sites for hydroxylation is 3. The van der Waals surface area contributed by atoms with Crippen LogP contribution in [-0.2, 0) is 0 Å². The molecule has 0 aliphatic carbocycles. The Morgan fingerprint density at radius 2 is 1.94 bits per heavy atom. The Kier molecular flexibility index (Phi) is 3.48. The molecule has 1 unspecified atom stereocenters. The SMILES string of the molecule is Cc1nc(C(C)Nc2ccc(C)c(C)c2)cs1. The smallest absolute Gasteiger partial charge is 0.0898 e. The van der Waals surface area contributed by atoms with Gasteiger partial charge in [-0.1, -0.05) is 6.07 Å². The standard InChI is InChI=1S/C14H18N2S/c1-9-5-6-13(7-10(9)2)15-11(3)14-8-17-12(4)16-14/h5-8,11,15H,1-4H3. The molecule has 0 amide bonds. The maximum atomic E-state index is 4.50. The van der Waals surface area contributed by atoms with Crippen molar-refractivity contribution in [3.8, 4) is 0 Å². The molecule has 0 aliphatic rings. The molecular formula is C14H18N2S. The number of anilines is 1. The molecule has 0 spiro atoms. The Labute approximate surface area is 107 Å². The molecule has 0 aliphatic heterocycles. The summed E-state index contributed by atoms with van der Waals surface area (Å²) < 4.78 is 0. The van der Waals surface area contributed by atoms with E-state index in [1.165, 1.54) is 11.1 Å². The fourth-order valence-electron chi connectivity index (χ4n) is 1.73. The van der Waals surface area contributed by atoms with Crippen LogP contribution in [0.25, 0.3) is 0 Å². The summed E-state index contributed by atoms with van der Waals surface area (Å²) in [4.78, 5) is 4.50. The van der Waals surface area contributed by atoms with Crippen molar-refractivity contribution in [2.75, 3.05) is 5.32 Å². The van der Waals surface area contributed by atoms with Crippen molar-refractivity contribution in [1.82, 2.24) is 4.98 Å². The number of hydrogen-bond donors (Lipinski definition) is 1. The van der Waals surface area contributed by atoms with E-state index in [0.717, 1.165) is 16.4 Å². The highest BCUT2D eigenvalue weighted by Crippen LogP contribution is 2.22. The normalized spacial score (nSPS) is 12.5. The van der Waals surface area contributed by atoms with Crippen LogP contribution in [0.4, 0.5) is 5.69 Å². The van der Waals surface area contributed by atoms with E-state index in [1.807, 2.05) is 6.92 Å². The Bertz CT molecular complexity index is 517. The van der Waals surface area contributed by atoms with Gasteiger partial charge in [0, 0.05) is 11.1 Å². The molecule has 3 heteroatoms. The van der Waals surface area contributed by atoms with Gasteiger partial charge in [0.1, 0.15) is 0 Å². The van der Waals surface area contributed by atoms with Gasteiger partial charge >= 0.3 is 0 Å². The van der Waals surface area contributed by atoms with E-state index in [1.54, 1.807) is 11.3 Å². The fourth-order valence-corrected chi connectivity index (χ4v) is 2.44. The number of aromatic nitrogens is 1. The van der Waals surface area contributed by atoms with E-state index in [4.69, 9.17) is 0 Å². The first-order chi connectivity index (χ1) is 8.06. The summed E-state index contributed by atoms with van der Waals surface area (Å²) in [5.41, 5.74) is 4.92. The average Bonchev–Trinajstić information content (AvgIpc) is 2.70. The van der Waals surface area contributed by atoms with Crippen LogP contribution >= 0.6 is 11.3 Å². The van der Waals surface area contributed by atoms with Crippen LogP contribution in [0, 0.1) is 20.8 Å². The zero-order valence-electron chi connectivity index (χ0n) is 10.7. The molecule has 0 saturated carbocycles. The first-order valence-electron chi connectivity index (χ1n) is 5.82. The Hall–Kier alpha value is -1.35. The third-order valence-electron chi connectivity index (χ3n) is 2.97. The number of rotatable bonds is 3. The number of hydrogen-bond acceptors (Lipinski definition) is 3. The number of nitrogens with zero attached hydrogens (tertiary/aromatic N) is 1. The predicted molar refractivity (Wildman–Crippen MR) is 74.8 cm³/mol. The molecule has 1 aromatic heterocycles. The lowest BCUT2D eigenvalue weighted by atomic mass is 10.1. The summed E-state index contributed by atoms with van der Waals surface area (Å²) in [6.45, 7) is 8.45. The second-order valence-corrected chi connectivity index (χ2v) is 5.52. The Morgan fingerprint density at radius 1 is 1.18 bits per heavy atom. The van der Waals surface area contributed by atoms with Crippen molar-refractivity contribution in [3.05, 3.63) is 45.4 Å². The summed E-state index contributed by atoms with van der Waals surface area (Å²) in [5, 5.41) is 6.72. The fraction of sp³-hybridized carbons (Fsp3) is 0.357. The average molecular weight is 246 g/mol. The van der Waals surface area contributed by atoms with E-state index >= 15 is 0 Å². The summed E-state index contributed by atoms with van der Waals surface area (Å²) in [7, 11) is 0. The monoisotopic (exact) mass is 246 g/mol. The molecule has 1 N–H and O–H groups in total. The minimum Gasteiger partial charge on any atom is -0.377 e. The molecular weight excluding hydrogens is 228 g/mol. The summed E-state index contributed by atoms with van der Waals surface area (Å²) in [5.74, 6) is 0. The van der Waals surface area contributed by atoms with Gasteiger partial charge < -0.3 is 5.32 Å². The van der Waals surface area contributed by atoms with Gasteiger partial charge in [-0.3, -0.25) is 0 Å². The van der Waals surface area contributed by atoms with E-state index in [0.29, 0.717) is 0 Å². The quantitative estimate of drug-likeness (QED) is 0.876. The number of thiazole rings is 1. The lowest BCUT2D eigenvalue weighted by molar-refractivity contribution is 0.845. The maximum absolute atomic E-state index is 4.50. The van der Waals surface area contributed by atoms with Crippen LogP contribution in [-0.4, -0.2) is 4.98 Å². The van der Waals surface area contributed by atoms with Crippen molar-refractivity contribution in [3.63, 3.8) is 0 Å². The van der Waals surface area contributed by atoms with Gasteiger partial charge in [-0.05, 0) is 51.0 Å². The lowest BCUT2D eigenvalue weighted by Gasteiger charge is -2.14. The maximum Gasteiger partial charge on any atom is 0.0898 e. The van der Waals surface area contributed by atoms with Crippen LogP contribution < -0.4 is 5.32 Å². The van der Waals surface area contributed by atoms with E-state index < -0.39 is 0 Å². The second kappa shape index (κ2) is 4.88. The van der Waals surface area contributed by atoms with Gasteiger partial charge in [0.05, 0.1) is 16.7 Å². The molecule has 1 heterocycles. The van der Waals surface area contributed by atoms with E-state index in [-0.39, 0.29) is 6.04 Å². The first-order valence-corrected chi connectivity index (χ1v) is 6.70. The number of benzene rings is 1. The predicted octanol–water partition coefficient (Wildman–Crippen LogP) is 4.24. The first kappa shape index (κ1) is 12.1. The van der Waals surface area contributed by atoms with Crippen LogP contribution in [0.3, 0.4) is 0 Å². The van der Waals surface area contributed by atoms with Crippen molar-refractivity contribution in [1.29, 1.82) is 0 Å². The van der Waals surface area contributed by atoms with Gasteiger partial charge in [0.25, 0.3) is 0 Å². The van der Waals surface area contributed by atoms with Gasteiger partial charge in [-0.2, -0.15) is 0 Å². The summed E-state index contributed by atoms with van der Waals surface area (Å²) >= 11 is 1.70. The highest BCUT2D eigenvalue weighted by molar-refractivity contribution is 7.09. The minimum absolute atomic E-state index is 0.252. The highest BCUT2D eigenvalue weighted by atomic mass is 32.1. The van der Waals surface area contributed by atoms with Crippen molar-refractivity contribution in [2.24, 2.45) is 0 Å². The van der Waals surface area contributed by atoms with E-state index in [9.17, 15) is 0 Å². The van der Waals surface area contributed by atoms with Gasteiger partial charge in [-0.25, -0.2) is 4.98 Å². The van der Waals surface area contributed by atoms with Crippen molar-refractivity contribution < 1.29 is 0 Å². The van der Waals surface area contributed by atoms with Crippen molar-refractivity contribution in [2.45, 2.75) is 33.7 Å². The number of nitrogens with one attached hydrogen (secondary N) is 1. The molecule has 0 radical (unpaired) electrons. The van der Waals surface area contributed by atoms with Crippen LogP contribution in [0.15, 0.2) is 23.6 Å². The molecule has 0 saturated heterocycles. The minimum atomic E-state index is 0.252. The molecule has 17 heavy (non-hydrogen) atoms. The topological polar surface area (TPSA) is 24.9 Å². The molecule has 2 rings (SSSR count). The second-order valence-electron chi connectivity index (χ2n) is 4.46.